The monoisotopic (exact) mass is 404 g/mol. The van der Waals surface area contributed by atoms with Crippen LogP contribution in [0.1, 0.15) is 40.3 Å². The highest BCUT2D eigenvalue weighted by atomic mass is 32.2. The van der Waals surface area contributed by atoms with E-state index < -0.39 is 10.0 Å². The van der Waals surface area contributed by atoms with Crippen molar-refractivity contribution in [1.29, 1.82) is 0 Å². The molecule has 0 spiro atoms. The lowest BCUT2D eigenvalue weighted by atomic mass is 9.98. The second-order valence-electron chi connectivity index (χ2n) is 7.64. The van der Waals surface area contributed by atoms with Crippen LogP contribution < -0.4 is 0 Å². The van der Waals surface area contributed by atoms with Gasteiger partial charge in [-0.25, -0.2) is 0 Å². The van der Waals surface area contributed by atoms with Gasteiger partial charge in [0, 0.05) is 6.42 Å². The van der Waals surface area contributed by atoms with Gasteiger partial charge in [-0.05, 0) is 44.0 Å². The van der Waals surface area contributed by atoms with Crippen LogP contribution in [0.25, 0.3) is 0 Å². The van der Waals surface area contributed by atoms with E-state index in [9.17, 15) is 8.42 Å². The molecule has 3 aromatic carbocycles. The highest BCUT2D eigenvalue weighted by Gasteiger charge is 2.37. The quantitative estimate of drug-likeness (QED) is 0.604. The predicted octanol–water partition coefficient (Wildman–Crippen LogP) is 5.15. The zero-order valence-electron chi connectivity index (χ0n) is 16.8. The van der Waals surface area contributed by atoms with Crippen molar-refractivity contribution in [2.24, 2.45) is 5.10 Å². The third-order valence-corrected chi connectivity index (χ3v) is 6.95. The molecule has 0 aromatic heterocycles. The van der Waals surface area contributed by atoms with E-state index in [1.54, 1.807) is 12.1 Å². The first kappa shape index (κ1) is 19.4. The molecule has 0 amide bonds. The highest BCUT2D eigenvalue weighted by Crippen LogP contribution is 2.37. The topological polar surface area (TPSA) is 49.7 Å². The predicted molar refractivity (Wildman–Crippen MR) is 116 cm³/mol. The lowest BCUT2D eigenvalue weighted by Crippen LogP contribution is -2.27. The van der Waals surface area contributed by atoms with E-state index in [1.165, 1.54) is 4.41 Å². The maximum Gasteiger partial charge on any atom is 0.279 e. The van der Waals surface area contributed by atoms with E-state index in [1.807, 2.05) is 81.4 Å². The van der Waals surface area contributed by atoms with Gasteiger partial charge in [0.2, 0.25) is 0 Å². The first-order chi connectivity index (χ1) is 13.8. The van der Waals surface area contributed by atoms with E-state index in [0.29, 0.717) is 6.42 Å². The van der Waals surface area contributed by atoms with Gasteiger partial charge >= 0.3 is 0 Å². The summed E-state index contributed by atoms with van der Waals surface area (Å²) in [5.41, 5.74) is 5.96. The third kappa shape index (κ3) is 3.83. The van der Waals surface area contributed by atoms with Crippen molar-refractivity contribution >= 4 is 15.7 Å². The Morgan fingerprint density at radius 1 is 0.828 bits per heavy atom. The molecule has 1 atom stereocenters. The normalized spacial score (nSPS) is 16.7. The van der Waals surface area contributed by atoms with Gasteiger partial charge in [0.05, 0.1) is 16.6 Å². The van der Waals surface area contributed by atoms with Gasteiger partial charge in [-0.1, -0.05) is 77.4 Å². The second-order valence-corrected chi connectivity index (χ2v) is 9.43. The number of hydrogen-bond donors (Lipinski definition) is 0. The number of aryl methyl sites for hydroxylation is 3. The zero-order valence-corrected chi connectivity index (χ0v) is 17.6. The molecule has 1 aliphatic heterocycles. The fourth-order valence-electron chi connectivity index (χ4n) is 3.57. The van der Waals surface area contributed by atoms with E-state index in [0.717, 1.165) is 33.5 Å². The molecule has 1 aliphatic rings. The maximum atomic E-state index is 13.5. The molecule has 4 rings (SSSR count). The lowest BCUT2D eigenvalue weighted by molar-refractivity contribution is 0.371. The smallest absolute Gasteiger partial charge is 0.200 e. The summed E-state index contributed by atoms with van der Waals surface area (Å²) in [5, 5.41) is 4.61. The minimum Gasteiger partial charge on any atom is -0.200 e. The number of benzene rings is 3. The molecular weight excluding hydrogens is 380 g/mol. The molecule has 3 aromatic rings. The summed E-state index contributed by atoms with van der Waals surface area (Å²) in [6.45, 7) is 5.98. The van der Waals surface area contributed by atoms with Crippen molar-refractivity contribution in [3.63, 3.8) is 0 Å². The molecule has 0 unspecified atom stereocenters. The van der Waals surface area contributed by atoms with Gasteiger partial charge < -0.3 is 0 Å². The van der Waals surface area contributed by atoms with Crippen LogP contribution in [0.15, 0.2) is 82.8 Å². The number of hydrogen-bond acceptors (Lipinski definition) is 3. The summed E-state index contributed by atoms with van der Waals surface area (Å²) < 4.78 is 28.2. The first-order valence-electron chi connectivity index (χ1n) is 9.67. The van der Waals surface area contributed by atoms with Crippen molar-refractivity contribution < 1.29 is 8.42 Å². The van der Waals surface area contributed by atoms with Crippen molar-refractivity contribution in [3.8, 4) is 0 Å². The molecule has 0 saturated carbocycles. The molecule has 5 heteroatoms. The van der Waals surface area contributed by atoms with Crippen molar-refractivity contribution in [3.05, 3.63) is 101 Å². The average molecular weight is 405 g/mol. The van der Waals surface area contributed by atoms with Crippen molar-refractivity contribution in [2.75, 3.05) is 0 Å². The van der Waals surface area contributed by atoms with Crippen LogP contribution in [-0.4, -0.2) is 18.5 Å². The molecule has 0 aliphatic carbocycles. The Labute approximate surface area is 172 Å². The van der Waals surface area contributed by atoms with Gasteiger partial charge in [-0.2, -0.15) is 17.9 Å². The van der Waals surface area contributed by atoms with E-state index in [2.05, 4.69) is 5.10 Å². The highest BCUT2D eigenvalue weighted by molar-refractivity contribution is 7.89. The van der Waals surface area contributed by atoms with Crippen LogP contribution in [0.2, 0.25) is 0 Å². The summed E-state index contributed by atoms with van der Waals surface area (Å²) in [4.78, 5) is 0.259. The van der Waals surface area contributed by atoms with Crippen LogP contribution in [0.3, 0.4) is 0 Å². The van der Waals surface area contributed by atoms with Crippen molar-refractivity contribution in [1.82, 2.24) is 4.41 Å². The van der Waals surface area contributed by atoms with Crippen LogP contribution in [-0.2, 0) is 10.0 Å². The SMILES string of the molecule is Cc1ccc(C2=NN(S(=O)(=O)c3ccc(C)cc3)[C@H](c3cccc(C)c3)C2)cc1. The standard InChI is InChI=1S/C24H24N2O2S/c1-17-7-11-20(12-8-17)23-16-24(21-6-4-5-19(3)15-21)26(25-23)29(27,28)22-13-9-18(2)10-14-22/h4-15,24H,16H2,1-3H3/t24-/m0/s1. The molecule has 0 saturated heterocycles. The molecule has 0 bridgehead atoms. The van der Waals surface area contributed by atoms with Crippen LogP contribution in [0, 0.1) is 20.8 Å². The van der Waals surface area contributed by atoms with E-state index in [4.69, 9.17) is 0 Å². The second kappa shape index (κ2) is 7.48. The first-order valence-corrected chi connectivity index (χ1v) is 11.1. The third-order valence-electron chi connectivity index (χ3n) is 5.25. The van der Waals surface area contributed by atoms with Gasteiger partial charge in [-0.3, -0.25) is 0 Å². The average Bonchev–Trinajstić information content (AvgIpc) is 3.15. The Kier molecular flexibility index (Phi) is 5.01. The Morgan fingerprint density at radius 3 is 2.07 bits per heavy atom. The van der Waals surface area contributed by atoms with Gasteiger partial charge in [0.25, 0.3) is 10.0 Å². The van der Waals surface area contributed by atoms with Gasteiger partial charge in [-0.15, -0.1) is 0 Å². The summed E-state index contributed by atoms with van der Waals surface area (Å²) >= 11 is 0. The number of rotatable bonds is 4. The summed E-state index contributed by atoms with van der Waals surface area (Å²) in [6, 6.07) is 22.6. The fourth-order valence-corrected chi connectivity index (χ4v) is 5.01. The van der Waals surface area contributed by atoms with Crippen LogP contribution in [0.4, 0.5) is 0 Å². The summed E-state index contributed by atoms with van der Waals surface area (Å²) in [7, 11) is -3.77. The molecule has 29 heavy (non-hydrogen) atoms. The summed E-state index contributed by atoms with van der Waals surface area (Å²) in [6.07, 6.45) is 0.539. The molecule has 0 N–H and O–H groups in total. The molecule has 1 heterocycles. The van der Waals surface area contributed by atoms with Gasteiger partial charge in [0.15, 0.2) is 0 Å². The Bertz CT molecular complexity index is 1160. The van der Waals surface area contributed by atoms with Crippen LogP contribution >= 0.6 is 0 Å². The van der Waals surface area contributed by atoms with E-state index >= 15 is 0 Å². The lowest BCUT2D eigenvalue weighted by Gasteiger charge is -2.23. The Balaban J connectivity index is 1.80. The molecule has 0 fully saturated rings. The number of sulfonamides is 1. The number of hydrazone groups is 1. The largest absolute Gasteiger partial charge is 0.279 e. The molecule has 4 nitrogen and oxygen atoms in total. The molecule has 148 valence electrons. The summed E-state index contributed by atoms with van der Waals surface area (Å²) in [5.74, 6) is 0. The Hall–Kier alpha value is -2.92. The minimum absolute atomic E-state index is 0.259. The van der Waals surface area contributed by atoms with E-state index in [-0.39, 0.29) is 10.9 Å². The minimum atomic E-state index is -3.77. The van der Waals surface area contributed by atoms with Crippen molar-refractivity contribution in [2.45, 2.75) is 38.1 Å². The number of nitrogens with zero attached hydrogens (tertiary/aromatic N) is 2. The molecule has 0 radical (unpaired) electrons. The zero-order chi connectivity index (χ0) is 20.6. The van der Waals surface area contributed by atoms with Gasteiger partial charge in [0.1, 0.15) is 0 Å². The fraction of sp³-hybridized carbons (Fsp3) is 0.208. The maximum absolute atomic E-state index is 13.5. The molecular formula is C24H24N2O2S. The Morgan fingerprint density at radius 2 is 1.45 bits per heavy atom. The van der Waals surface area contributed by atoms with Crippen LogP contribution in [0.5, 0.6) is 0 Å².